The van der Waals surface area contributed by atoms with E-state index in [2.05, 4.69) is 0 Å². The number of nitrogens with zero attached hydrogens (tertiary/aromatic N) is 1. The predicted octanol–water partition coefficient (Wildman–Crippen LogP) is -1.99. The molecule has 2 rings (SSSR count). The van der Waals surface area contributed by atoms with Crippen LogP contribution in [0.4, 0.5) is 0 Å². The molecule has 0 saturated heterocycles. The average molecular weight is 225 g/mol. The molecule has 4 heteroatoms. The van der Waals surface area contributed by atoms with E-state index in [1.54, 1.807) is 4.57 Å². The van der Waals surface area contributed by atoms with E-state index in [0.717, 1.165) is 16.6 Å². The Bertz CT molecular complexity index is 531. The minimum absolute atomic E-state index is 0. The molecule has 1 aromatic carbocycles. The Hall–Kier alpha value is -0.770. The van der Waals surface area contributed by atoms with Gasteiger partial charge in [-0.25, -0.2) is 0 Å². The summed E-state index contributed by atoms with van der Waals surface area (Å²) in [7, 11) is 0. The molecule has 2 aromatic rings. The predicted molar refractivity (Wildman–Crippen MR) is 56.4 cm³/mol. The number of hydrogen-bond donors (Lipinski definition) is 0. The summed E-state index contributed by atoms with van der Waals surface area (Å²) in [6, 6.07) is 7.97. The first-order valence-corrected chi connectivity index (χ1v) is 4.84. The van der Waals surface area contributed by atoms with Gasteiger partial charge in [0.25, 0.3) is 0 Å². The van der Waals surface area contributed by atoms with Crippen LogP contribution in [0.5, 0.6) is 0 Å². The first-order chi connectivity index (χ1) is 7.08. The van der Waals surface area contributed by atoms with Gasteiger partial charge < -0.3 is 14.5 Å². The number of aryl methyl sites for hydroxylation is 2. The molecule has 0 N–H and O–H groups in total. The van der Waals surface area contributed by atoms with Crippen molar-refractivity contribution in [2.24, 2.45) is 0 Å². The Balaban J connectivity index is 0.00000128. The van der Waals surface area contributed by atoms with Crippen molar-refractivity contribution in [1.29, 1.82) is 0 Å². The van der Waals surface area contributed by atoms with Crippen molar-refractivity contribution in [3.63, 3.8) is 0 Å². The quantitative estimate of drug-likeness (QED) is 0.556. The van der Waals surface area contributed by atoms with E-state index in [-0.39, 0.29) is 36.1 Å². The molecule has 0 aliphatic rings. The van der Waals surface area contributed by atoms with Crippen LogP contribution in [0.25, 0.3) is 10.9 Å². The van der Waals surface area contributed by atoms with E-state index in [0.29, 0.717) is 0 Å². The second-order valence-electron chi connectivity index (χ2n) is 3.81. The van der Waals surface area contributed by atoms with Gasteiger partial charge in [0, 0.05) is 16.6 Å². The summed E-state index contributed by atoms with van der Waals surface area (Å²) in [5, 5.41) is 11.7. The number of carbonyl (C=O) groups is 1. The second kappa shape index (κ2) is 5.04. The summed E-state index contributed by atoms with van der Waals surface area (Å²) in [5.74, 6) is -1.06. The van der Waals surface area contributed by atoms with Crippen LogP contribution in [0.1, 0.15) is 11.3 Å². The maximum atomic E-state index is 10.6. The topological polar surface area (TPSA) is 45.1 Å². The molecular weight excluding hydrogens is 213 g/mol. The molecule has 0 aliphatic carbocycles. The fraction of sp³-hybridized carbons (Fsp3) is 0.250. The number of fused-ring (bicyclic) bond motifs is 1. The summed E-state index contributed by atoms with van der Waals surface area (Å²) < 4.78 is 1.75. The third-order valence-corrected chi connectivity index (χ3v) is 2.55. The molecule has 0 spiro atoms. The van der Waals surface area contributed by atoms with Gasteiger partial charge in [-0.1, -0.05) is 11.6 Å². The van der Waals surface area contributed by atoms with Crippen LogP contribution in [-0.4, -0.2) is 10.5 Å². The Labute approximate surface area is 116 Å². The number of carboxylic acids is 1. The number of carboxylic acid groups (broad SMARTS) is 1. The standard InChI is InChI=1S/C12H13NO2.Na/c1-8-3-4-11-10(5-8)6-9(2)13(11)7-12(14)15;/h3-6H,7H2,1-2H3,(H,14,15);/q;+1/p-1. The monoisotopic (exact) mass is 225 g/mol. The van der Waals surface area contributed by atoms with Crippen molar-refractivity contribution in [3.8, 4) is 0 Å². The molecule has 16 heavy (non-hydrogen) atoms. The van der Waals surface area contributed by atoms with E-state index in [1.807, 2.05) is 38.1 Å². The van der Waals surface area contributed by atoms with Gasteiger partial charge in [-0.05, 0) is 32.0 Å². The molecule has 1 heterocycles. The summed E-state index contributed by atoms with van der Waals surface area (Å²) in [5.41, 5.74) is 3.07. The van der Waals surface area contributed by atoms with Gasteiger partial charge in [-0.15, -0.1) is 0 Å². The molecule has 0 amide bonds. The largest absolute Gasteiger partial charge is 1.00 e. The molecule has 0 unspecified atom stereocenters. The van der Waals surface area contributed by atoms with Gasteiger partial charge in [0.2, 0.25) is 0 Å². The minimum Gasteiger partial charge on any atom is -0.548 e. The zero-order chi connectivity index (χ0) is 11.0. The van der Waals surface area contributed by atoms with Crippen LogP contribution in [0, 0.1) is 13.8 Å². The van der Waals surface area contributed by atoms with Crippen LogP contribution < -0.4 is 34.7 Å². The van der Waals surface area contributed by atoms with E-state index < -0.39 is 5.97 Å². The summed E-state index contributed by atoms with van der Waals surface area (Å²) >= 11 is 0. The minimum atomic E-state index is -1.06. The molecule has 0 bridgehead atoms. The van der Waals surface area contributed by atoms with Gasteiger partial charge >= 0.3 is 29.6 Å². The van der Waals surface area contributed by atoms with Gasteiger partial charge in [0.15, 0.2) is 0 Å². The molecule has 3 nitrogen and oxygen atoms in total. The van der Waals surface area contributed by atoms with Crippen molar-refractivity contribution < 1.29 is 39.5 Å². The summed E-state index contributed by atoms with van der Waals surface area (Å²) in [6.07, 6.45) is 0. The molecule has 0 saturated carbocycles. The Morgan fingerprint density at radius 3 is 2.62 bits per heavy atom. The Kier molecular flexibility index (Phi) is 4.19. The number of hydrogen-bond acceptors (Lipinski definition) is 2. The fourth-order valence-electron chi connectivity index (χ4n) is 1.87. The zero-order valence-electron chi connectivity index (χ0n) is 9.78. The van der Waals surface area contributed by atoms with E-state index in [9.17, 15) is 9.90 Å². The molecule has 0 aliphatic heterocycles. The molecule has 78 valence electrons. The first kappa shape index (κ1) is 13.3. The number of aromatic nitrogens is 1. The summed E-state index contributed by atoms with van der Waals surface area (Å²) in [6.45, 7) is 3.83. The Morgan fingerprint density at radius 2 is 2.00 bits per heavy atom. The zero-order valence-corrected chi connectivity index (χ0v) is 11.8. The summed E-state index contributed by atoms with van der Waals surface area (Å²) in [4.78, 5) is 10.6. The fourth-order valence-corrected chi connectivity index (χ4v) is 1.87. The molecule has 0 radical (unpaired) electrons. The first-order valence-electron chi connectivity index (χ1n) is 4.84. The third-order valence-electron chi connectivity index (χ3n) is 2.55. The van der Waals surface area contributed by atoms with Crippen LogP contribution >= 0.6 is 0 Å². The second-order valence-corrected chi connectivity index (χ2v) is 3.81. The average Bonchev–Trinajstić information content (AvgIpc) is 2.41. The van der Waals surface area contributed by atoms with E-state index in [4.69, 9.17) is 0 Å². The van der Waals surface area contributed by atoms with E-state index in [1.165, 1.54) is 5.56 Å². The number of carbonyl (C=O) groups excluding carboxylic acids is 1. The van der Waals surface area contributed by atoms with Crippen LogP contribution in [0.3, 0.4) is 0 Å². The van der Waals surface area contributed by atoms with Gasteiger partial charge in [-0.3, -0.25) is 0 Å². The van der Waals surface area contributed by atoms with Crippen molar-refractivity contribution in [1.82, 2.24) is 4.57 Å². The number of benzene rings is 1. The van der Waals surface area contributed by atoms with Gasteiger partial charge in [-0.2, -0.15) is 0 Å². The van der Waals surface area contributed by atoms with Crippen molar-refractivity contribution in [3.05, 3.63) is 35.5 Å². The van der Waals surface area contributed by atoms with Gasteiger partial charge in [0.05, 0.1) is 12.5 Å². The smallest absolute Gasteiger partial charge is 0.548 e. The van der Waals surface area contributed by atoms with Crippen molar-refractivity contribution >= 4 is 16.9 Å². The van der Waals surface area contributed by atoms with Crippen molar-refractivity contribution in [2.75, 3.05) is 0 Å². The number of rotatable bonds is 2. The number of aliphatic carboxylic acids is 1. The third kappa shape index (κ3) is 2.48. The van der Waals surface area contributed by atoms with Gasteiger partial charge in [0.1, 0.15) is 0 Å². The molecular formula is C12H12NNaO2. The Morgan fingerprint density at radius 1 is 1.31 bits per heavy atom. The molecule has 0 fully saturated rings. The normalized spacial score (nSPS) is 10.1. The van der Waals surface area contributed by atoms with Crippen molar-refractivity contribution in [2.45, 2.75) is 20.4 Å². The maximum Gasteiger partial charge on any atom is 1.00 e. The molecule has 1 aromatic heterocycles. The van der Waals surface area contributed by atoms with Crippen LogP contribution in [0.15, 0.2) is 24.3 Å². The maximum absolute atomic E-state index is 10.6. The van der Waals surface area contributed by atoms with Crippen LogP contribution in [0.2, 0.25) is 0 Å². The SMILES string of the molecule is Cc1ccc2c(c1)cc(C)n2CC(=O)[O-].[Na+]. The van der Waals surface area contributed by atoms with Crippen LogP contribution in [-0.2, 0) is 11.3 Å². The van der Waals surface area contributed by atoms with E-state index >= 15 is 0 Å². The molecule has 0 atom stereocenters.